The van der Waals surface area contributed by atoms with Crippen molar-refractivity contribution in [2.75, 3.05) is 0 Å². The maximum Gasteiger partial charge on any atom is 0.269 e. The van der Waals surface area contributed by atoms with Crippen LogP contribution in [-0.2, 0) is 0 Å². The van der Waals surface area contributed by atoms with Crippen LogP contribution in [0.15, 0.2) is 54.6 Å². The summed E-state index contributed by atoms with van der Waals surface area (Å²) in [6.07, 6.45) is 0. The number of hydrogen-bond donors (Lipinski definition) is 3. The molecule has 2 aromatic carbocycles. The molecule has 1 unspecified atom stereocenters. The van der Waals surface area contributed by atoms with Gasteiger partial charge in [0.1, 0.15) is 17.3 Å². The van der Waals surface area contributed by atoms with Crippen molar-refractivity contribution in [1.29, 1.82) is 0 Å². The number of fused-ring (bicyclic) bond motifs is 1. The molecule has 2 heterocycles. The van der Waals surface area contributed by atoms with Crippen molar-refractivity contribution < 1.29 is 9.18 Å². The van der Waals surface area contributed by atoms with Crippen LogP contribution >= 0.6 is 0 Å². The average Bonchev–Trinajstić information content (AvgIpc) is 3.29. The molecule has 0 saturated heterocycles. The number of benzene rings is 2. The number of amides is 1. The molecule has 3 N–H and O–H groups in total. The Bertz CT molecular complexity index is 1050. The van der Waals surface area contributed by atoms with E-state index in [0.717, 1.165) is 11.0 Å². The summed E-state index contributed by atoms with van der Waals surface area (Å²) in [5, 5.41) is 9.54. The summed E-state index contributed by atoms with van der Waals surface area (Å²) < 4.78 is 13.9. The van der Waals surface area contributed by atoms with E-state index in [1.54, 1.807) is 18.2 Å². The van der Waals surface area contributed by atoms with E-state index in [-0.39, 0.29) is 23.5 Å². The summed E-state index contributed by atoms with van der Waals surface area (Å²) in [7, 11) is 0. The molecule has 130 valence electrons. The lowest BCUT2D eigenvalue weighted by Gasteiger charge is -2.10. The highest BCUT2D eigenvalue weighted by atomic mass is 19.1. The molecule has 1 amide bonds. The Morgan fingerprint density at radius 3 is 2.73 bits per heavy atom. The van der Waals surface area contributed by atoms with Gasteiger partial charge in [-0.15, -0.1) is 0 Å². The van der Waals surface area contributed by atoms with Gasteiger partial charge in [-0.2, -0.15) is 5.10 Å². The van der Waals surface area contributed by atoms with Crippen LogP contribution in [-0.4, -0.2) is 26.1 Å². The number of aromatic amines is 2. The fourth-order valence-corrected chi connectivity index (χ4v) is 2.77. The zero-order chi connectivity index (χ0) is 18.1. The first-order valence-electron chi connectivity index (χ1n) is 8.17. The molecule has 0 fully saturated rings. The van der Waals surface area contributed by atoms with Crippen LogP contribution in [0.3, 0.4) is 0 Å². The normalized spacial score (nSPS) is 12.2. The predicted molar refractivity (Wildman–Crippen MR) is 96.0 cm³/mol. The predicted octanol–water partition coefficient (Wildman–Crippen LogP) is 3.58. The molecule has 7 heteroatoms. The zero-order valence-corrected chi connectivity index (χ0v) is 14.0. The smallest absolute Gasteiger partial charge is 0.269 e. The van der Waals surface area contributed by atoms with Crippen molar-refractivity contribution in [3.8, 4) is 11.3 Å². The number of hydrogen-bond acceptors (Lipinski definition) is 3. The highest BCUT2D eigenvalue weighted by molar-refractivity contribution is 5.93. The quantitative estimate of drug-likeness (QED) is 0.526. The molecule has 0 spiro atoms. The van der Waals surface area contributed by atoms with Gasteiger partial charge in [0.2, 0.25) is 0 Å². The van der Waals surface area contributed by atoms with Gasteiger partial charge in [0.15, 0.2) is 0 Å². The summed E-state index contributed by atoms with van der Waals surface area (Å²) in [5.74, 6) is -0.0666. The molecule has 0 bridgehead atoms. The number of nitrogens with zero attached hydrogens (tertiary/aromatic N) is 2. The summed E-state index contributed by atoms with van der Waals surface area (Å²) in [5.41, 5.74) is 2.72. The second kappa shape index (κ2) is 6.44. The SMILES string of the molecule is CC(NC(=O)c1cc(-c2ccccc2F)n[nH]1)c1nc2ccccc2[nH]1. The maximum absolute atomic E-state index is 13.9. The lowest BCUT2D eigenvalue weighted by atomic mass is 10.1. The third-order valence-electron chi connectivity index (χ3n) is 4.14. The Morgan fingerprint density at radius 2 is 1.92 bits per heavy atom. The third-order valence-corrected chi connectivity index (χ3v) is 4.14. The van der Waals surface area contributed by atoms with Gasteiger partial charge in [-0.05, 0) is 37.3 Å². The number of carbonyl (C=O) groups is 1. The lowest BCUT2D eigenvalue weighted by Crippen LogP contribution is -2.27. The van der Waals surface area contributed by atoms with Crippen LogP contribution in [0.2, 0.25) is 0 Å². The minimum Gasteiger partial charge on any atom is -0.341 e. The summed E-state index contributed by atoms with van der Waals surface area (Å²) in [6.45, 7) is 1.84. The van der Waals surface area contributed by atoms with Gasteiger partial charge in [-0.3, -0.25) is 9.89 Å². The lowest BCUT2D eigenvalue weighted by molar-refractivity contribution is 0.0933. The van der Waals surface area contributed by atoms with E-state index < -0.39 is 0 Å². The van der Waals surface area contributed by atoms with Crippen molar-refractivity contribution in [3.05, 3.63) is 71.9 Å². The number of halogens is 1. The fraction of sp³-hybridized carbons (Fsp3) is 0.105. The van der Waals surface area contributed by atoms with Crippen LogP contribution < -0.4 is 5.32 Å². The zero-order valence-electron chi connectivity index (χ0n) is 14.0. The van der Waals surface area contributed by atoms with Gasteiger partial charge >= 0.3 is 0 Å². The molecule has 0 aliphatic rings. The Balaban J connectivity index is 1.52. The molecule has 0 aliphatic heterocycles. The molecule has 0 aliphatic carbocycles. The van der Waals surface area contributed by atoms with Gasteiger partial charge in [-0.1, -0.05) is 24.3 Å². The van der Waals surface area contributed by atoms with E-state index >= 15 is 0 Å². The number of H-pyrrole nitrogens is 2. The molecule has 2 aromatic heterocycles. The number of nitrogens with one attached hydrogen (secondary N) is 3. The topological polar surface area (TPSA) is 86.5 Å². The number of aromatic nitrogens is 4. The highest BCUT2D eigenvalue weighted by Crippen LogP contribution is 2.21. The number of imidazole rings is 1. The summed E-state index contributed by atoms with van der Waals surface area (Å²) in [6, 6.07) is 15.2. The Labute approximate surface area is 148 Å². The van der Waals surface area contributed by atoms with Crippen LogP contribution in [0.1, 0.15) is 29.3 Å². The van der Waals surface area contributed by atoms with Crippen molar-refractivity contribution in [1.82, 2.24) is 25.5 Å². The van der Waals surface area contributed by atoms with Gasteiger partial charge < -0.3 is 10.3 Å². The van der Waals surface area contributed by atoms with E-state index in [9.17, 15) is 9.18 Å². The Kier molecular flexibility index (Phi) is 3.96. The number of para-hydroxylation sites is 2. The van der Waals surface area contributed by atoms with Crippen molar-refractivity contribution >= 4 is 16.9 Å². The van der Waals surface area contributed by atoms with Gasteiger partial charge in [0.05, 0.1) is 22.8 Å². The van der Waals surface area contributed by atoms with E-state index in [1.165, 1.54) is 12.1 Å². The van der Waals surface area contributed by atoms with E-state index in [0.29, 0.717) is 17.1 Å². The molecule has 4 aromatic rings. The second-order valence-corrected chi connectivity index (χ2v) is 5.98. The van der Waals surface area contributed by atoms with Crippen molar-refractivity contribution in [2.24, 2.45) is 0 Å². The monoisotopic (exact) mass is 349 g/mol. The van der Waals surface area contributed by atoms with Gasteiger partial charge in [0.25, 0.3) is 5.91 Å². The molecular formula is C19H16FN5O. The van der Waals surface area contributed by atoms with Gasteiger partial charge in [0, 0.05) is 5.56 Å². The molecule has 0 radical (unpaired) electrons. The average molecular weight is 349 g/mol. The molecule has 6 nitrogen and oxygen atoms in total. The minimum absolute atomic E-state index is 0.256. The molecule has 26 heavy (non-hydrogen) atoms. The maximum atomic E-state index is 13.9. The van der Waals surface area contributed by atoms with E-state index in [4.69, 9.17) is 0 Å². The summed E-state index contributed by atoms with van der Waals surface area (Å²) in [4.78, 5) is 20.1. The Hall–Kier alpha value is -3.48. The largest absolute Gasteiger partial charge is 0.341 e. The second-order valence-electron chi connectivity index (χ2n) is 5.98. The fourth-order valence-electron chi connectivity index (χ4n) is 2.77. The first kappa shape index (κ1) is 16.0. The van der Waals surface area contributed by atoms with E-state index in [2.05, 4.69) is 25.5 Å². The Morgan fingerprint density at radius 1 is 1.15 bits per heavy atom. The first-order chi connectivity index (χ1) is 12.6. The van der Waals surface area contributed by atoms with Crippen molar-refractivity contribution in [3.63, 3.8) is 0 Å². The first-order valence-corrected chi connectivity index (χ1v) is 8.17. The molecular weight excluding hydrogens is 333 g/mol. The molecule has 0 saturated carbocycles. The van der Waals surface area contributed by atoms with E-state index in [1.807, 2.05) is 31.2 Å². The summed E-state index contributed by atoms with van der Waals surface area (Å²) >= 11 is 0. The van der Waals surface area contributed by atoms with Crippen LogP contribution in [0.25, 0.3) is 22.3 Å². The standard InChI is InChI=1S/C19H16FN5O/c1-11(18-22-14-8-4-5-9-15(14)23-18)21-19(26)17-10-16(24-25-17)12-6-2-3-7-13(12)20/h2-11H,1H3,(H,21,26)(H,22,23)(H,24,25). The van der Waals surface area contributed by atoms with Crippen molar-refractivity contribution in [2.45, 2.75) is 13.0 Å². The molecule has 4 rings (SSSR count). The highest BCUT2D eigenvalue weighted by Gasteiger charge is 2.17. The van der Waals surface area contributed by atoms with Crippen LogP contribution in [0.5, 0.6) is 0 Å². The third kappa shape index (κ3) is 2.95. The van der Waals surface area contributed by atoms with Gasteiger partial charge in [-0.25, -0.2) is 9.37 Å². The van der Waals surface area contributed by atoms with Crippen LogP contribution in [0.4, 0.5) is 4.39 Å². The van der Waals surface area contributed by atoms with Crippen LogP contribution in [0, 0.1) is 5.82 Å². The number of rotatable bonds is 4. The number of carbonyl (C=O) groups excluding carboxylic acids is 1. The minimum atomic E-state index is -0.387. The molecule has 1 atom stereocenters.